The fourth-order valence-electron chi connectivity index (χ4n) is 1.61. The van der Waals surface area contributed by atoms with Crippen molar-refractivity contribution in [3.05, 3.63) is 12.2 Å². The van der Waals surface area contributed by atoms with Gasteiger partial charge in [-0.2, -0.15) is 0 Å². The summed E-state index contributed by atoms with van der Waals surface area (Å²) in [6, 6.07) is 0. The van der Waals surface area contributed by atoms with E-state index in [1.165, 1.54) is 7.11 Å². The summed E-state index contributed by atoms with van der Waals surface area (Å²) in [5.41, 5.74) is -0.582. The van der Waals surface area contributed by atoms with Crippen molar-refractivity contribution in [1.82, 2.24) is 0 Å². The van der Waals surface area contributed by atoms with Gasteiger partial charge in [0.05, 0.1) is 13.0 Å². The van der Waals surface area contributed by atoms with E-state index in [9.17, 15) is 9.59 Å². The molecule has 0 aromatic heterocycles. The SMILES string of the molecule is COC(=O)C1C=CCCC1(C)C=O. The van der Waals surface area contributed by atoms with Crippen molar-refractivity contribution in [2.45, 2.75) is 19.8 Å². The van der Waals surface area contributed by atoms with Crippen molar-refractivity contribution in [2.75, 3.05) is 7.11 Å². The van der Waals surface area contributed by atoms with Crippen molar-refractivity contribution in [3.8, 4) is 0 Å². The summed E-state index contributed by atoms with van der Waals surface area (Å²) in [6.07, 6.45) is 6.12. The summed E-state index contributed by atoms with van der Waals surface area (Å²) >= 11 is 0. The minimum absolute atomic E-state index is 0.328. The largest absolute Gasteiger partial charge is 0.469 e. The van der Waals surface area contributed by atoms with E-state index >= 15 is 0 Å². The highest BCUT2D eigenvalue weighted by molar-refractivity contribution is 5.80. The Morgan fingerprint density at radius 2 is 2.38 bits per heavy atom. The zero-order valence-electron chi connectivity index (χ0n) is 7.95. The number of hydrogen-bond acceptors (Lipinski definition) is 3. The molecule has 0 heterocycles. The van der Waals surface area contributed by atoms with Gasteiger partial charge >= 0.3 is 5.97 Å². The fraction of sp³-hybridized carbons (Fsp3) is 0.600. The number of rotatable bonds is 2. The minimum atomic E-state index is -0.582. The van der Waals surface area contributed by atoms with Gasteiger partial charge in [0, 0.05) is 5.41 Å². The van der Waals surface area contributed by atoms with Gasteiger partial charge in [-0.3, -0.25) is 4.79 Å². The molecule has 0 saturated heterocycles. The van der Waals surface area contributed by atoms with Crippen LogP contribution in [-0.2, 0) is 14.3 Å². The molecule has 3 nitrogen and oxygen atoms in total. The van der Waals surface area contributed by atoms with E-state index in [-0.39, 0.29) is 5.97 Å². The Labute approximate surface area is 77.8 Å². The highest BCUT2D eigenvalue weighted by atomic mass is 16.5. The van der Waals surface area contributed by atoms with Crippen LogP contribution in [-0.4, -0.2) is 19.4 Å². The average Bonchev–Trinajstić information content (AvgIpc) is 2.17. The number of hydrogen-bond donors (Lipinski definition) is 0. The Kier molecular flexibility index (Phi) is 2.86. The average molecular weight is 182 g/mol. The highest BCUT2D eigenvalue weighted by Crippen LogP contribution is 2.35. The molecule has 0 saturated carbocycles. The Morgan fingerprint density at radius 1 is 1.69 bits per heavy atom. The molecule has 0 aromatic carbocycles. The van der Waals surface area contributed by atoms with Gasteiger partial charge in [-0.05, 0) is 12.8 Å². The molecule has 0 amide bonds. The molecule has 13 heavy (non-hydrogen) atoms. The first-order valence-electron chi connectivity index (χ1n) is 4.35. The molecule has 1 rings (SSSR count). The van der Waals surface area contributed by atoms with Crippen molar-refractivity contribution < 1.29 is 14.3 Å². The van der Waals surface area contributed by atoms with Crippen LogP contribution in [0.5, 0.6) is 0 Å². The second-order valence-corrected chi connectivity index (χ2v) is 3.59. The Balaban J connectivity index is 2.90. The van der Waals surface area contributed by atoms with Crippen molar-refractivity contribution in [1.29, 1.82) is 0 Å². The molecule has 0 aromatic rings. The van der Waals surface area contributed by atoms with Crippen LogP contribution in [0.3, 0.4) is 0 Å². The van der Waals surface area contributed by atoms with Crippen molar-refractivity contribution >= 4 is 12.3 Å². The predicted octanol–water partition coefficient (Wildman–Crippen LogP) is 1.33. The molecule has 3 heteroatoms. The lowest BCUT2D eigenvalue weighted by molar-refractivity contribution is -0.149. The summed E-state index contributed by atoms with van der Waals surface area (Å²) in [4.78, 5) is 22.2. The Hall–Kier alpha value is -1.12. The standard InChI is InChI=1S/C10H14O3/c1-10(7-11)6-4-3-5-8(10)9(12)13-2/h3,5,7-8H,4,6H2,1-2H3. The normalized spacial score (nSPS) is 32.6. The fourth-order valence-corrected chi connectivity index (χ4v) is 1.61. The lowest BCUT2D eigenvalue weighted by atomic mass is 9.72. The van der Waals surface area contributed by atoms with Crippen LogP contribution in [0.25, 0.3) is 0 Å². The quantitative estimate of drug-likeness (QED) is 0.367. The van der Waals surface area contributed by atoms with Gasteiger partial charge in [0.15, 0.2) is 0 Å². The van der Waals surface area contributed by atoms with Gasteiger partial charge in [0.1, 0.15) is 6.29 Å². The van der Waals surface area contributed by atoms with Gasteiger partial charge in [-0.25, -0.2) is 0 Å². The van der Waals surface area contributed by atoms with E-state index < -0.39 is 11.3 Å². The number of aldehydes is 1. The Morgan fingerprint density at radius 3 is 2.92 bits per heavy atom. The van der Waals surface area contributed by atoms with Crippen LogP contribution in [0.4, 0.5) is 0 Å². The zero-order chi connectivity index (χ0) is 9.90. The first-order chi connectivity index (χ1) is 6.14. The summed E-state index contributed by atoms with van der Waals surface area (Å²) in [5, 5.41) is 0. The summed E-state index contributed by atoms with van der Waals surface area (Å²) in [6.45, 7) is 1.80. The first kappa shape index (κ1) is 9.96. The summed E-state index contributed by atoms with van der Waals surface area (Å²) in [7, 11) is 1.34. The highest BCUT2D eigenvalue weighted by Gasteiger charge is 2.39. The van der Waals surface area contributed by atoms with Crippen LogP contribution < -0.4 is 0 Å². The molecule has 1 aliphatic rings. The molecule has 72 valence electrons. The molecule has 2 atom stereocenters. The molecule has 0 bridgehead atoms. The number of allylic oxidation sites excluding steroid dienone is 1. The molecule has 0 N–H and O–H groups in total. The predicted molar refractivity (Wildman–Crippen MR) is 48.1 cm³/mol. The molecule has 0 aliphatic heterocycles. The van der Waals surface area contributed by atoms with E-state index in [2.05, 4.69) is 4.74 Å². The smallest absolute Gasteiger partial charge is 0.313 e. The topological polar surface area (TPSA) is 43.4 Å². The maximum atomic E-state index is 11.3. The Bertz CT molecular complexity index is 245. The van der Waals surface area contributed by atoms with Gasteiger partial charge < -0.3 is 9.53 Å². The molecule has 0 radical (unpaired) electrons. The second-order valence-electron chi connectivity index (χ2n) is 3.59. The van der Waals surface area contributed by atoms with E-state index in [1.54, 1.807) is 13.0 Å². The van der Waals surface area contributed by atoms with Gasteiger partial charge in [0.2, 0.25) is 0 Å². The molecule has 0 fully saturated rings. The van der Waals surface area contributed by atoms with Crippen LogP contribution in [0.1, 0.15) is 19.8 Å². The summed E-state index contributed by atoms with van der Waals surface area (Å²) in [5.74, 6) is -0.741. The maximum Gasteiger partial charge on any atom is 0.313 e. The van der Waals surface area contributed by atoms with Crippen LogP contribution in [0.2, 0.25) is 0 Å². The van der Waals surface area contributed by atoms with Crippen molar-refractivity contribution in [3.63, 3.8) is 0 Å². The molecular weight excluding hydrogens is 168 g/mol. The van der Waals surface area contributed by atoms with Crippen LogP contribution >= 0.6 is 0 Å². The molecule has 0 spiro atoms. The summed E-state index contributed by atoms with van der Waals surface area (Å²) < 4.78 is 4.64. The van der Waals surface area contributed by atoms with Gasteiger partial charge in [0.25, 0.3) is 0 Å². The zero-order valence-corrected chi connectivity index (χ0v) is 7.95. The number of esters is 1. The third kappa shape index (κ3) is 1.79. The molecular formula is C10H14O3. The monoisotopic (exact) mass is 182 g/mol. The third-order valence-electron chi connectivity index (χ3n) is 2.61. The lowest BCUT2D eigenvalue weighted by Crippen LogP contribution is -2.36. The van der Waals surface area contributed by atoms with Gasteiger partial charge in [-0.1, -0.05) is 19.1 Å². The molecule has 1 aliphatic carbocycles. The van der Waals surface area contributed by atoms with Crippen LogP contribution in [0.15, 0.2) is 12.2 Å². The lowest BCUT2D eigenvalue weighted by Gasteiger charge is -2.31. The van der Waals surface area contributed by atoms with Gasteiger partial charge in [-0.15, -0.1) is 0 Å². The third-order valence-corrected chi connectivity index (χ3v) is 2.61. The second kappa shape index (κ2) is 3.73. The molecule has 2 unspecified atom stereocenters. The number of ether oxygens (including phenoxy) is 1. The van der Waals surface area contributed by atoms with Crippen molar-refractivity contribution in [2.24, 2.45) is 11.3 Å². The van der Waals surface area contributed by atoms with E-state index in [1.807, 2.05) is 6.08 Å². The van der Waals surface area contributed by atoms with E-state index in [0.29, 0.717) is 6.42 Å². The van der Waals surface area contributed by atoms with E-state index in [4.69, 9.17) is 0 Å². The van der Waals surface area contributed by atoms with Crippen LogP contribution in [0, 0.1) is 11.3 Å². The number of methoxy groups -OCH3 is 1. The number of carbonyl (C=O) groups is 2. The minimum Gasteiger partial charge on any atom is -0.469 e. The first-order valence-corrected chi connectivity index (χ1v) is 4.35. The number of carbonyl (C=O) groups excluding carboxylic acids is 2. The van der Waals surface area contributed by atoms with E-state index in [0.717, 1.165) is 12.7 Å². The maximum absolute atomic E-state index is 11.3.